The van der Waals surface area contributed by atoms with Gasteiger partial charge in [0.2, 0.25) is 10.0 Å². The normalized spacial score (nSPS) is 19.7. The molecular weight excluding hydrogens is 328 g/mol. The van der Waals surface area contributed by atoms with Crippen LogP contribution in [0.4, 0.5) is 0 Å². The Balaban J connectivity index is 1.83. The Morgan fingerprint density at radius 3 is 2.75 bits per heavy atom. The third kappa shape index (κ3) is 3.12. The first-order valence-corrected chi connectivity index (χ1v) is 9.76. The minimum absolute atomic E-state index is 0.00542. The van der Waals surface area contributed by atoms with E-state index in [1.165, 1.54) is 0 Å². The first-order chi connectivity index (χ1) is 11.4. The summed E-state index contributed by atoms with van der Waals surface area (Å²) in [5.74, 6) is 1.34. The van der Waals surface area contributed by atoms with E-state index in [4.69, 9.17) is 4.52 Å². The molecule has 8 heteroatoms. The van der Waals surface area contributed by atoms with Crippen LogP contribution < -0.4 is 0 Å². The lowest BCUT2D eigenvalue weighted by molar-refractivity contribution is 0.239. The Labute approximate surface area is 142 Å². The predicted octanol–water partition coefficient (Wildman–Crippen LogP) is 2.20. The van der Waals surface area contributed by atoms with Gasteiger partial charge in [-0.15, -0.1) is 0 Å². The number of aromatic nitrogens is 3. The molecule has 1 fully saturated rings. The molecule has 0 radical (unpaired) electrons. The van der Waals surface area contributed by atoms with Gasteiger partial charge in [-0.05, 0) is 33.1 Å². The molecule has 0 bridgehead atoms. The van der Waals surface area contributed by atoms with Gasteiger partial charge < -0.3 is 9.09 Å². The maximum absolute atomic E-state index is 13.1. The standard InChI is InChI=1S/C16H24N4O3S/c1-12-16(13(2)23-18-12)24(21,22)20-10-5-4-6-14(20)7-8-15-17-9-11-19(15)3/h9,11,14H,4-8,10H2,1-3H3. The fourth-order valence-corrected chi connectivity index (χ4v) is 5.49. The second-order valence-electron chi connectivity index (χ2n) is 6.41. The largest absolute Gasteiger partial charge is 0.360 e. The van der Waals surface area contributed by atoms with Crippen LogP contribution in [0.3, 0.4) is 0 Å². The maximum Gasteiger partial charge on any atom is 0.248 e. The summed E-state index contributed by atoms with van der Waals surface area (Å²) in [5, 5.41) is 3.81. The molecule has 2 aromatic heterocycles. The molecule has 1 aliphatic heterocycles. The Bertz CT molecular complexity index is 790. The number of nitrogens with zero attached hydrogens (tertiary/aromatic N) is 4. The van der Waals surface area contributed by atoms with E-state index in [1.54, 1.807) is 24.3 Å². The van der Waals surface area contributed by atoms with E-state index in [9.17, 15) is 8.42 Å². The molecule has 7 nitrogen and oxygen atoms in total. The van der Waals surface area contributed by atoms with Crippen LogP contribution in [0.15, 0.2) is 21.8 Å². The summed E-state index contributed by atoms with van der Waals surface area (Å²) in [7, 11) is -1.62. The molecular formula is C16H24N4O3S. The number of imidazole rings is 1. The van der Waals surface area contributed by atoms with Gasteiger partial charge in [0.05, 0.1) is 0 Å². The molecule has 24 heavy (non-hydrogen) atoms. The molecule has 1 unspecified atom stereocenters. The van der Waals surface area contributed by atoms with Crippen molar-refractivity contribution in [3.63, 3.8) is 0 Å². The first-order valence-electron chi connectivity index (χ1n) is 8.32. The SMILES string of the molecule is Cc1noc(C)c1S(=O)(=O)N1CCCCC1CCc1nccn1C. The number of sulfonamides is 1. The van der Waals surface area contributed by atoms with Crippen molar-refractivity contribution in [2.45, 2.75) is 56.9 Å². The molecule has 1 aliphatic rings. The third-order valence-electron chi connectivity index (χ3n) is 4.73. The predicted molar refractivity (Wildman–Crippen MR) is 89.0 cm³/mol. The van der Waals surface area contributed by atoms with Gasteiger partial charge in [0.25, 0.3) is 0 Å². The van der Waals surface area contributed by atoms with Crippen molar-refractivity contribution in [2.24, 2.45) is 7.05 Å². The molecule has 0 aromatic carbocycles. The molecule has 0 amide bonds. The van der Waals surface area contributed by atoms with Gasteiger partial charge in [0.1, 0.15) is 16.4 Å². The van der Waals surface area contributed by atoms with Gasteiger partial charge in [-0.2, -0.15) is 4.31 Å². The zero-order chi connectivity index (χ0) is 17.3. The fraction of sp³-hybridized carbons (Fsp3) is 0.625. The monoisotopic (exact) mass is 352 g/mol. The van der Waals surface area contributed by atoms with Crippen molar-refractivity contribution in [2.75, 3.05) is 6.54 Å². The maximum atomic E-state index is 13.1. The van der Waals surface area contributed by atoms with E-state index in [1.807, 2.05) is 17.8 Å². The molecule has 2 aromatic rings. The molecule has 0 aliphatic carbocycles. The van der Waals surface area contributed by atoms with Crippen molar-refractivity contribution < 1.29 is 12.9 Å². The highest BCUT2D eigenvalue weighted by molar-refractivity contribution is 7.89. The average Bonchev–Trinajstić information content (AvgIpc) is 3.11. The van der Waals surface area contributed by atoms with Crippen LogP contribution in [0, 0.1) is 13.8 Å². The van der Waals surface area contributed by atoms with Crippen molar-refractivity contribution in [1.29, 1.82) is 0 Å². The van der Waals surface area contributed by atoms with Crippen molar-refractivity contribution in [3.05, 3.63) is 29.7 Å². The summed E-state index contributed by atoms with van der Waals surface area (Å²) in [4.78, 5) is 4.56. The molecule has 1 atom stereocenters. The number of piperidine rings is 1. The molecule has 0 spiro atoms. The smallest absolute Gasteiger partial charge is 0.248 e. The lowest BCUT2D eigenvalue weighted by Crippen LogP contribution is -2.44. The van der Waals surface area contributed by atoms with Crippen LogP contribution in [0.25, 0.3) is 0 Å². The number of aryl methyl sites for hydroxylation is 4. The first kappa shape index (κ1) is 17.2. The third-order valence-corrected chi connectivity index (χ3v) is 6.93. The van der Waals surface area contributed by atoms with E-state index in [2.05, 4.69) is 10.1 Å². The Morgan fingerprint density at radius 2 is 2.12 bits per heavy atom. The Kier molecular flexibility index (Phi) is 4.78. The number of hydrogen-bond acceptors (Lipinski definition) is 5. The second-order valence-corrected chi connectivity index (χ2v) is 8.24. The molecule has 0 saturated carbocycles. The minimum Gasteiger partial charge on any atom is -0.360 e. The second kappa shape index (κ2) is 6.68. The van der Waals surface area contributed by atoms with E-state index in [0.29, 0.717) is 18.0 Å². The van der Waals surface area contributed by atoms with Crippen molar-refractivity contribution in [3.8, 4) is 0 Å². The molecule has 3 rings (SSSR count). The lowest BCUT2D eigenvalue weighted by Gasteiger charge is -2.34. The Morgan fingerprint density at radius 1 is 1.33 bits per heavy atom. The van der Waals surface area contributed by atoms with Gasteiger partial charge >= 0.3 is 0 Å². The van der Waals surface area contributed by atoms with Crippen LogP contribution in [-0.4, -0.2) is 40.0 Å². The van der Waals surface area contributed by atoms with Crippen LogP contribution in [0.2, 0.25) is 0 Å². The molecule has 132 valence electrons. The quantitative estimate of drug-likeness (QED) is 0.824. The summed E-state index contributed by atoms with van der Waals surface area (Å²) in [6.45, 7) is 3.88. The van der Waals surface area contributed by atoms with Gasteiger partial charge in [0.15, 0.2) is 5.76 Å². The van der Waals surface area contributed by atoms with Crippen molar-refractivity contribution >= 4 is 10.0 Å². The zero-order valence-corrected chi connectivity index (χ0v) is 15.2. The minimum atomic E-state index is -3.58. The van der Waals surface area contributed by atoms with Gasteiger partial charge in [-0.1, -0.05) is 11.6 Å². The van der Waals surface area contributed by atoms with Gasteiger partial charge in [-0.25, -0.2) is 13.4 Å². The van der Waals surface area contributed by atoms with Gasteiger partial charge in [-0.3, -0.25) is 0 Å². The molecule has 0 N–H and O–H groups in total. The summed E-state index contributed by atoms with van der Waals surface area (Å²) >= 11 is 0. The molecule has 1 saturated heterocycles. The van der Waals surface area contributed by atoms with Gasteiger partial charge in [0, 0.05) is 38.4 Å². The number of rotatable bonds is 5. The summed E-state index contributed by atoms with van der Waals surface area (Å²) in [6, 6.07) is -0.00542. The fourth-order valence-electron chi connectivity index (χ4n) is 3.47. The number of hydrogen-bond donors (Lipinski definition) is 0. The highest BCUT2D eigenvalue weighted by Crippen LogP contribution is 2.30. The van der Waals surface area contributed by atoms with E-state index < -0.39 is 10.0 Å². The van der Waals surface area contributed by atoms with Crippen molar-refractivity contribution in [1.82, 2.24) is 19.0 Å². The van der Waals surface area contributed by atoms with E-state index in [0.717, 1.165) is 37.9 Å². The molecule has 3 heterocycles. The van der Waals surface area contributed by atoms with E-state index >= 15 is 0 Å². The summed E-state index contributed by atoms with van der Waals surface area (Å²) in [5.41, 5.74) is 0.431. The van der Waals surface area contributed by atoms with E-state index in [-0.39, 0.29) is 10.9 Å². The lowest BCUT2D eigenvalue weighted by atomic mass is 10.0. The Hall–Kier alpha value is -1.67. The topological polar surface area (TPSA) is 81.2 Å². The van der Waals surface area contributed by atoms with Crippen LogP contribution in [0.1, 0.15) is 43.0 Å². The highest BCUT2D eigenvalue weighted by atomic mass is 32.2. The van der Waals surface area contributed by atoms with Crippen LogP contribution in [0.5, 0.6) is 0 Å². The van der Waals surface area contributed by atoms with Crippen LogP contribution >= 0.6 is 0 Å². The highest BCUT2D eigenvalue weighted by Gasteiger charge is 2.36. The van der Waals surface area contributed by atoms with Crippen LogP contribution in [-0.2, 0) is 23.5 Å². The zero-order valence-electron chi connectivity index (χ0n) is 14.4. The summed E-state index contributed by atoms with van der Waals surface area (Å²) in [6.07, 6.45) is 8.05. The average molecular weight is 352 g/mol. The summed E-state index contributed by atoms with van der Waals surface area (Å²) < 4.78 is 35.0.